The van der Waals surface area contributed by atoms with E-state index in [0.717, 1.165) is 27.4 Å². The van der Waals surface area contributed by atoms with Crippen LogP contribution < -0.4 is 5.32 Å². The van der Waals surface area contributed by atoms with Crippen molar-refractivity contribution in [3.63, 3.8) is 0 Å². The van der Waals surface area contributed by atoms with Gasteiger partial charge in [-0.1, -0.05) is 36.4 Å². The van der Waals surface area contributed by atoms with Crippen molar-refractivity contribution in [2.75, 3.05) is 0 Å². The Labute approximate surface area is 143 Å². The first-order valence-corrected chi connectivity index (χ1v) is 7.88. The third-order valence-corrected chi connectivity index (χ3v) is 4.14. The van der Waals surface area contributed by atoms with Crippen LogP contribution in [0.2, 0.25) is 0 Å². The summed E-state index contributed by atoms with van der Waals surface area (Å²) in [6.07, 6.45) is 6.68. The molecule has 4 rings (SSSR count). The minimum Gasteiger partial charge on any atom is -0.361 e. The molecule has 5 heteroatoms. The number of hydrogen-bond donors (Lipinski definition) is 3. The van der Waals surface area contributed by atoms with E-state index in [4.69, 9.17) is 0 Å². The monoisotopic (exact) mass is 329 g/mol. The Balaban J connectivity index is 1.51. The van der Waals surface area contributed by atoms with Crippen LogP contribution in [-0.4, -0.2) is 21.7 Å². The minimum absolute atomic E-state index is 0.369. The second kappa shape index (κ2) is 6.13. The summed E-state index contributed by atoms with van der Waals surface area (Å²) < 4.78 is 0. The zero-order chi connectivity index (χ0) is 17.2. The van der Waals surface area contributed by atoms with Gasteiger partial charge in [-0.3, -0.25) is 9.59 Å². The smallest absolute Gasteiger partial charge is 0.296 e. The second-order valence-corrected chi connectivity index (χ2v) is 5.67. The van der Waals surface area contributed by atoms with Crippen LogP contribution in [0.3, 0.4) is 0 Å². The summed E-state index contributed by atoms with van der Waals surface area (Å²) in [5.74, 6) is -1.23. The molecule has 0 saturated heterocycles. The number of nitrogens with one attached hydrogen (secondary N) is 3. The number of ketones is 1. The van der Waals surface area contributed by atoms with Gasteiger partial charge in [0.2, 0.25) is 0 Å². The molecule has 0 unspecified atom stereocenters. The Hall–Kier alpha value is -3.60. The van der Waals surface area contributed by atoms with Crippen molar-refractivity contribution < 1.29 is 9.59 Å². The highest BCUT2D eigenvalue weighted by Crippen LogP contribution is 2.19. The fraction of sp³-hybridized carbons (Fsp3) is 0. The molecule has 2 aromatic carbocycles. The molecule has 4 aromatic rings. The normalized spacial score (nSPS) is 11.4. The number of aromatic amines is 2. The molecule has 5 nitrogen and oxygen atoms in total. The summed E-state index contributed by atoms with van der Waals surface area (Å²) in [5, 5.41) is 4.33. The highest BCUT2D eigenvalue weighted by atomic mass is 16.2. The van der Waals surface area contributed by atoms with E-state index < -0.39 is 11.7 Å². The summed E-state index contributed by atoms with van der Waals surface area (Å²) in [6, 6.07) is 15.3. The van der Waals surface area contributed by atoms with Gasteiger partial charge in [0.15, 0.2) is 0 Å². The summed E-state index contributed by atoms with van der Waals surface area (Å²) in [5.41, 5.74) is 3.15. The van der Waals surface area contributed by atoms with Crippen molar-refractivity contribution in [3.05, 3.63) is 78.3 Å². The maximum atomic E-state index is 12.4. The van der Waals surface area contributed by atoms with Crippen molar-refractivity contribution in [1.29, 1.82) is 0 Å². The number of hydrogen-bond acceptors (Lipinski definition) is 2. The van der Waals surface area contributed by atoms with Gasteiger partial charge in [0.1, 0.15) is 0 Å². The SMILES string of the molecule is O=C(NC=Cc1c[nH]c2ccccc12)C(=O)c1c[nH]c2ccccc12. The Morgan fingerprint density at radius 3 is 2.28 bits per heavy atom. The molecule has 25 heavy (non-hydrogen) atoms. The van der Waals surface area contributed by atoms with Crippen LogP contribution in [0.25, 0.3) is 27.9 Å². The van der Waals surface area contributed by atoms with E-state index in [1.54, 1.807) is 12.3 Å². The molecule has 2 heterocycles. The highest BCUT2D eigenvalue weighted by molar-refractivity contribution is 6.45. The largest absolute Gasteiger partial charge is 0.361 e. The van der Waals surface area contributed by atoms with Crippen molar-refractivity contribution in [2.24, 2.45) is 0 Å². The highest BCUT2D eigenvalue weighted by Gasteiger charge is 2.18. The van der Waals surface area contributed by atoms with Gasteiger partial charge in [-0.05, 0) is 18.2 Å². The van der Waals surface area contributed by atoms with Gasteiger partial charge >= 0.3 is 0 Å². The van der Waals surface area contributed by atoms with E-state index in [1.807, 2.05) is 54.7 Å². The standard InChI is InChI=1S/C20H15N3O2/c24-19(16-12-23-18-8-4-2-6-15(16)18)20(25)21-10-9-13-11-22-17-7-3-1-5-14(13)17/h1-12,22-23H,(H,21,25). The van der Waals surface area contributed by atoms with E-state index in [2.05, 4.69) is 15.3 Å². The maximum absolute atomic E-state index is 12.4. The number of amides is 1. The molecular weight excluding hydrogens is 314 g/mol. The molecule has 0 atom stereocenters. The van der Waals surface area contributed by atoms with Gasteiger partial charge in [0.25, 0.3) is 11.7 Å². The van der Waals surface area contributed by atoms with Crippen LogP contribution in [0.1, 0.15) is 15.9 Å². The molecule has 1 amide bonds. The average molecular weight is 329 g/mol. The number of para-hydroxylation sites is 2. The van der Waals surface area contributed by atoms with Gasteiger partial charge in [-0.25, -0.2) is 0 Å². The number of carbonyl (C=O) groups is 2. The number of aromatic nitrogens is 2. The Morgan fingerprint density at radius 2 is 1.48 bits per heavy atom. The molecule has 0 fully saturated rings. The molecule has 0 bridgehead atoms. The summed E-state index contributed by atoms with van der Waals surface area (Å²) >= 11 is 0. The molecule has 0 saturated carbocycles. The van der Waals surface area contributed by atoms with Gasteiger partial charge in [-0.2, -0.15) is 0 Å². The van der Waals surface area contributed by atoms with Crippen LogP contribution in [-0.2, 0) is 4.79 Å². The third kappa shape index (κ3) is 2.72. The van der Waals surface area contributed by atoms with E-state index in [0.29, 0.717) is 5.56 Å². The van der Waals surface area contributed by atoms with Gasteiger partial charge in [0, 0.05) is 46.0 Å². The molecule has 0 aliphatic carbocycles. The molecule has 3 N–H and O–H groups in total. The van der Waals surface area contributed by atoms with Gasteiger partial charge in [0.05, 0.1) is 5.56 Å². The Morgan fingerprint density at radius 1 is 0.840 bits per heavy atom. The van der Waals surface area contributed by atoms with Crippen molar-refractivity contribution >= 4 is 39.6 Å². The van der Waals surface area contributed by atoms with Crippen LogP contribution in [0.5, 0.6) is 0 Å². The second-order valence-electron chi connectivity index (χ2n) is 5.67. The van der Waals surface area contributed by atoms with Crippen molar-refractivity contribution in [1.82, 2.24) is 15.3 Å². The zero-order valence-electron chi connectivity index (χ0n) is 13.2. The molecular formula is C20H15N3O2. The van der Waals surface area contributed by atoms with Crippen molar-refractivity contribution in [3.8, 4) is 0 Å². The van der Waals surface area contributed by atoms with Crippen LogP contribution in [0.4, 0.5) is 0 Å². The maximum Gasteiger partial charge on any atom is 0.296 e. The molecule has 2 aromatic heterocycles. The third-order valence-electron chi connectivity index (χ3n) is 4.14. The molecule has 0 aliphatic heterocycles. The molecule has 0 radical (unpaired) electrons. The predicted octanol–water partition coefficient (Wildman–Crippen LogP) is 3.62. The first-order valence-electron chi connectivity index (χ1n) is 7.88. The molecule has 122 valence electrons. The number of rotatable bonds is 4. The lowest BCUT2D eigenvalue weighted by molar-refractivity contribution is -0.116. The first kappa shape index (κ1) is 15.0. The van der Waals surface area contributed by atoms with E-state index >= 15 is 0 Å². The fourth-order valence-electron chi connectivity index (χ4n) is 2.89. The van der Waals surface area contributed by atoms with E-state index in [-0.39, 0.29) is 0 Å². The first-order chi connectivity index (χ1) is 12.2. The Kier molecular flexibility index (Phi) is 3.67. The fourth-order valence-corrected chi connectivity index (χ4v) is 2.89. The quantitative estimate of drug-likeness (QED) is 0.395. The summed E-state index contributed by atoms with van der Waals surface area (Å²) in [4.78, 5) is 30.7. The zero-order valence-corrected chi connectivity index (χ0v) is 13.2. The number of benzene rings is 2. The topological polar surface area (TPSA) is 77.8 Å². The van der Waals surface area contributed by atoms with E-state index in [9.17, 15) is 9.59 Å². The molecule has 0 spiro atoms. The molecule has 0 aliphatic rings. The minimum atomic E-state index is -0.666. The van der Waals surface area contributed by atoms with Crippen LogP contribution in [0, 0.1) is 0 Å². The summed E-state index contributed by atoms with van der Waals surface area (Å²) in [6.45, 7) is 0. The lowest BCUT2D eigenvalue weighted by Crippen LogP contribution is -2.26. The number of H-pyrrole nitrogens is 2. The van der Waals surface area contributed by atoms with E-state index in [1.165, 1.54) is 6.20 Å². The Bertz CT molecular complexity index is 1120. The van der Waals surface area contributed by atoms with Crippen LogP contribution in [0.15, 0.2) is 67.1 Å². The van der Waals surface area contributed by atoms with Gasteiger partial charge in [-0.15, -0.1) is 0 Å². The number of fused-ring (bicyclic) bond motifs is 2. The lowest BCUT2D eigenvalue weighted by atomic mass is 10.1. The van der Waals surface area contributed by atoms with Gasteiger partial charge < -0.3 is 15.3 Å². The predicted molar refractivity (Wildman–Crippen MR) is 98.1 cm³/mol. The van der Waals surface area contributed by atoms with Crippen molar-refractivity contribution in [2.45, 2.75) is 0 Å². The summed E-state index contributed by atoms with van der Waals surface area (Å²) in [7, 11) is 0. The van der Waals surface area contributed by atoms with Crippen LogP contribution >= 0.6 is 0 Å². The number of carbonyl (C=O) groups excluding carboxylic acids is 2. The lowest BCUT2D eigenvalue weighted by Gasteiger charge is -1.99. The number of Topliss-reactive ketones (excluding diaryl/α,β-unsaturated/α-hetero) is 1. The average Bonchev–Trinajstić information content (AvgIpc) is 3.25.